The zero-order valence-corrected chi connectivity index (χ0v) is 5.52. The smallest absolute Gasteiger partial charge is 0.123 e. The Balaban J connectivity index is 2.56. The number of methoxy groups -OCH3 is 1. The van der Waals surface area contributed by atoms with Gasteiger partial charge in [-0.05, 0) is 19.3 Å². The summed E-state index contributed by atoms with van der Waals surface area (Å²) in [5.41, 5.74) is -0.234. The quantitative estimate of drug-likeness (QED) is 0.515. The van der Waals surface area contributed by atoms with Crippen LogP contribution in [0.1, 0.15) is 19.3 Å². The minimum Gasteiger partial charge on any atom is -0.373 e. The highest BCUT2D eigenvalue weighted by Crippen LogP contribution is 2.35. The molecule has 2 nitrogen and oxygen atoms in total. The molecule has 1 aliphatic rings. The van der Waals surface area contributed by atoms with Gasteiger partial charge in [-0.1, -0.05) is 0 Å². The molecule has 1 saturated carbocycles. The van der Waals surface area contributed by atoms with Crippen molar-refractivity contribution in [3.8, 4) is 0 Å². The Bertz CT molecular complexity index is 135. The van der Waals surface area contributed by atoms with Crippen molar-refractivity contribution in [2.45, 2.75) is 24.9 Å². The fraction of sp³-hybridized carbons (Fsp3) is 0.714. The normalized spacial score (nSPS) is 21.9. The fourth-order valence-electron chi connectivity index (χ4n) is 1.04. The molecule has 0 atom stereocenters. The molecule has 0 radical (unpaired) electrons. The second-order valence-corrected chi connectivity index (χ2v) is 2.38. The van der Waals surface area contributed by atoms with Crippen LogP contribution in [0.2, 0.25) is 0 Å². The molecule has 50 valence electrons. The second kappa shape index (κ2) is 2.34. The van der Waals surface area contributed by atoms with Crippen LogP contribution in [-0.2, 0) is 9.53 Å². The van der Waals surface area contributed by atoms with Crippen molar-refractivity contribution in [3.63, 3.8) is 0 Å². The number of carbonyl (C=O) groups excluding carboxylic acids is 1. The maximum Gasteiger partial charge on any atom is 0.123 e. The van der Waals surface area contributed by atoms with E-state index in [2.05, 4.69) is 0 Å². The van der Waals surface area contributed by atoms with Crippen molar-refractivity contribution in [3.05, 3.63) is 6.08 Å². The molecule has 9 heavy (non-hydrogen) atoms. The van der Waals surface area contributed by atoms with E-state index in [1.807, 2.05) is 0 Å². The van der Waals surface area contributed by atoms with Gasteiger partial charge >= 0.3 is 0 Å². The van der Waals surface area contributed by atoms with E-state index in [0.29, 0.717) is 0 Å². The summed E-state index contributed by atoms with van der Waals surface area (Å²) in [6, 6.07) is 0. The topological polar surface area (TPSA) is 26.3 Å². The zero-order chi connectivity index (χ0) is 6.74. The van der Waals surface area contributed by atoms with Crippen LogP contribution in [0.5, 0.6) is 0 Å². The molecule has 0 bridgehead atoms. The van der Waals surface area contributed by atoms with Crippen LogP contribution >= 0.6 is 0 Å². The molecule has 1 aliphatic carbocycles. The minimum absolute atomic E-state index is 0.234. The molecule has 2 heteroatoms. The molecule has 0 aliphatic heterocycles. The fourth-order valence-corrected chi connectivity index (χ4v) is 1.04. The number of hydrogen-bond acceptors (Lipinski definition) is 2. The van der Waals surface area contributed by atoms with E-state index in [1.165, 1.54) is 6.08 Å². The third-order valence-electron chi connectivity index (χ3n) is 1.93. The van der Waals surface area contributed by atoms with Gasteiger partial charge in [0.25, 0.3) is 0 Å². The van der Waals surface area contributed by atoms with Crippen LogP contribution in [0.4, 0.5) is 0 Å². The third-order valence-corrected chi connectivity index (χ3v) is 1.93. The minimum atomic E-state index is -0.234. The lowest BCUT2D eigenvalue weighted by molar-refractivity contribution is -0.0291. The van der Waals surface area contributed by atoms with Gasteiger partial charge in [0.2, 0.25) is 0 Å². The van der Waals surface area contributed by atoms with Crippen LogP contribution in [0, 0.1) is 0 Å². The lowest BCUT2D eigenvalue weighted by Crippen LogP contribution is -2.36. The highest BCUT2D eigenvalue weighted by atomic mass is 16.5. The summed E-state index contributed by atoms with van der Waals surface area (Å²) in [5, 5.41) is 0. The molecular weight excluding hydrogens is 116 g/mol. The first-order valence-electron chi connectivity index (χ1n) is 3.10. The first-order valence-corrected chi connectivity index (χ1v) is 3.10. The Morgan fingerprint density at radius 1 is 1.67 bits per heavy atom. The van der Waals surface area contributed by atoms with Crippen molar-refractivity contribution in [1.82, 2.24) is 0 Å². The summed E-state index contributed by atoms with van der Waals surface area (Å²) in [5.74, 6) is 1.76. The third kappa shape index (κ3) is 1.04. The standard InChI is InChI=1S/C7H10O2/c1-9-7(5-6-8)3-2-4-7/h5H,2-4H2,1H3. The van der Waals surface area contributed by atoms with Crippen molar-refractivity contribution in [2.75, 3.05) is 7.11 Å². The highest BCUT2D eigenvalue weighted by Gasteiger charge is 2.34. The maximum atomic E-state index is 9.91. The largest absolute Gasteiger partial charge is 0.373 e. The lowest BCUT2D eigenvalue weighted by Gasteiger charge is -2.36. The van der Waals surface area contributed by atoms with Gasteiger partial charge in [0, 0.05) is 13.2 Å². The van der Waals surface area contributed by atoms with Crippen LogP contribution in [0.3, 0.4) is 0 Å². The molecule has 0 aromatic heterocycles. The van der Waals surface area contributed by atoms with Gasteiger partial charge in [-0.3, -0.25) is 0 Å². The predicted octanol–water partition coefficient (Wildman–Crippen LogP) is 0.943. The summed E-state index contributed by atoms with van der Waals surface area (Å²) in [6.45, 7) is 0. The summed E-state index contributed by atoms with van der Waals surface area (Å²) in [6.07, 6.45) is 4.58. The van der Waals surface area contributed by atoms with Crippen molar-refractivity contribution in [2.24, 2.45) is 0 Å². The van der Waals surface area contributed by atoms with Gasteiger partial charge in [0.05, 0.1) is 5.60 Å². The highest BCUT2D eigenvalue weighted by molar-refractivity contribution is 5.48. The van der Waals surface area contributed by atoms with Crippen LogP contribution in [-0.4, -0.2) is 18.7 Å². The van der Waals surface area contributed by atoms with E-state index in [-0.39, 0.29) is 5.60 Å². The van der Waals surface area contributed by atoms with E-state index in [0.717, 1.165) is 19.3 Å². The molecule has 0 heterocycles. The van der Waals surface area contributed by atoms with Gasteiger partial charge < -0.3 is 4.74 Å². The Kier molecular flexibility index (Phi) is 1.70. The van der Waals surface area contributed by atoms with Gasteiger partial charge in [-0.15, -0.1) is 0 Å². The van der Waals surface area contributed by atoms with Crippen molar-refractivity contribution in [1.29, 1.82) is 0 Å². The lowest BCUT2D eigenvalue weighted by atomic mass is 9.80. The SMILES string of the molecule is COC1(C=C=O)CCC1. The van der Waals surface area contributed by atoms with Gasteiger partial charge in [0.1, 0.15) is 5.94 Å². The summed E-state index contributed by atoms with van der Waals surface area (Å²) >= 11 is 0. The van der Waals surface area contributed by atoms with Crippen molar-refractivity contribution < 1.29 is 9.53 Å². The average Bonchev–Trinajstić information content (AvgIpc) is 1.79. The van der Waals surface area contributed by atoms with E-state index in [4.69, 9.17) is 4.74 Å². The monoisotopic (exact) mass is 126 g/mol. The molecule has 0 amide bonds. The maximum absolute atomic E-state index is 9.91. The van der Waals surface area contributed by atoms with Crippen molar-refractivity contribution >= 4 is 5.94 Å². The number of hydrogen-bond donors (Lipinski definition) is 0. The van der Waals surface area contributed by atoms with Crippen LogP contribution in [0.15, 0.2) is 6.08 Å². The van der Waals surface area contributed by atoms with Gasteiger partial charge in [-0.2, -0.15) is 0 Å². The van der Waals surface area contributed by atoms with E-state index in [9.17, 15) is 4.79 Å². The Hall–Kier alpha value is -0.590. The van der Waals surface area contributed by atoms with Gasteiger partial charge in [0.15, 0.2) is 0 Å². The Labute approximate surface area is 54.5 Å². The number of rotatable bonds is 2. The molecule has 0 N–H and O–H groups in total. The van der Waals surface area contributed by atoms with E-state index in [1.54, 1.807) is 13.1 Å². The van der Waals surface area contributed by atoms with E-state index >= 15 is 0 Å². The Morgan fingerprint density at radius 2 is 2.33 bits per heavy atom. The van der Waals surface area contributed by atoms with E-state index < -0.39 is 0 Å². The average molecular weight is 126 g/mol. The van der Waals surface area contributed by atoms with Crippen LogP contribution in [0.25, 0.3) is 0 Å². The van der Waals surface area contributed by atoms with Gasteiger partial charge in [-0.25, -0.2) is 4.79 Å². The summed E-state index contributed by atoms with van der Waals surface area (Å²) in [4.78, 5) is 9.91. The summed E-state index contributed by atoms with van der Waals surface area (Å²) < 4.78 is 5.10. The second-order valence-electron chi connectivity index (χ2n) is 2.38. The van der Waals surface area contributed by atoms with Crippen LogP contribution < -0.4 is 0 Å². The molecular formula is C7H10O2. The molecule has 0 saturated heterocycles. The first-order chi connectivity index (χ1) is 4.33. The Morgan fingerprint density at radius 3 is 2.44 bits per heavy atom. The predicted molar refractivity (Wildman–Crippen MR) is 33.9 cm³/mol. The molecule has 1 rings (SSSR count). The summed E-state index contributed by atoms with van der Waals surface area (Å²) in [7, 11) is 1.63. The molecule has 0 aromatic rings. The number of ether oxygens (including phenoxy) is 1. The molecule has 0 spiro atoms. The zero-order valence-electron chi connectivity index (χ0n) is 5.52. The molecule has 0 unspecified atom stereocenters. The first kappa shape index (κ1) is 6.53. The molecule has 1 fully saturated rings. The molecule has 0 aromatic carbocycles.